The maximum Gasteiger partial charge on any atom is 0.264 e. The van der Waals surface area contributed by atoms with Gasteiger partial charge >= 0.3 is 0 Å². The van der Waals surface area contributed by atoms with Gasteiger partial charge < -0.3 is 20.2 Å². The molecule has 0 atom stereocenters. The zero-order valence-corrected chi connectivity index (χ0v) is 22.8. The molecule has 7 nitrogen and oxygen atoms in total. The molecule has 0 aliphatic rings. The second-order valence-corrected chi connectivity index (χ2v) is 10.7. The van der Waals surface area contributed by atoms with Crippen molar-refractivity contribution in [1.29, 1.82) is 0 Å². The molecule has 40 heavy (non-hydrogen) atoms. The van der Waals surface area contributed by atoms with Crippen LogP contribution in [-0.2, 0) is 10.1 Å². The van der Waals surface area contributed by atoms with Crippen LogP contribution in [0.5, 0.6) is 11.5 Å². The van der Waals surface area contributed by atoms with E-state index in [2.05, 4.69) is 24.3 Å². The Morgan fingerprint density at radius 1 is 0.625 bits per heavy atom. The minimum Gasteiger partial charge on any atom is -0.788 e. The van der Waals surface area contributed by atoms with Crippen molar-refractivity contribution in [2.24, 2.45) is 0 Å². The van der Waals surface area contributed by atoms with Gasteiger partial charge in [-0.05, 0) is 77.1 Å². The zero-order valence-electron chi connectivity index (χ0n) is 22.0. The molecule has 4 aromatic rings. The van der Waals surface area contributed by atoms with E-state index in [1.807, 2.05) is 90.4 Å². The normalized spacial score (nSPS) is 12.1. The first-order valence-electron chi connectivity index (χ1n) is 13.1. The van der Waals surface area contributed by atoms with Crippen LogP contribution < -0.4 is 15.0 Å². The molecule has 0 radical (unpaired) electrons. The first-order valence-corrected chi connectivity index (χ1v) is 14.7. The number of rotatable bonds is 14. The highest BCUT2D eigenvalue weighted by Gasteiger charge is 2.16. The predicted molar refractivity (Wildman–Crippen MR) is 159 cm³/mol. The molecule has 208 valence electrons. The topological polar surface area (TPSA) is 108 Å². The Bertz CT molecular complexity index is 1470. The number of hydrogen-bond acceptors (Lipinski definition) is 6. The highest BCUT2D eigenvalue weighted by Crippen LogP contribution is 2.37. The molecule has 0 saturated carbocycles. The van der Waals surface area contributed by atoms with Crippen molar-refractivity contribution < 1.29 is 22.4 Å². The van der Waals surface area contributed by atoms with Crippen LogP contribution in [0.25, 0.3) is 11.1 Å². The van der Waals surface area contributed by atoms with E-state index < -0.39 is 10.1 Å². The van der Waals surface area contributed by atoms with E-state index in [4.69, 9.17) is 14.0 Å². The first kappa shape index (κ1) is 29.0. The van der Waals surface area contributed by atoms with Crippen LogP contribution in [0.4, 0.5) is 0 Å². The van der Waals surface area contributed by atoms with E-state index in [0.717, 1.165) is 39.1 Å². The summed E-state index contributed by atoms with van der Waals surface area (Å²) in [5.41, 5.74) is 8.09. The third-order valence-electron chi connectivity index (χ3n) is 6.17. The summed E-state index contributed by atoms with van der Waals surface area (Å²) in [5.74, 6) is 1.01. The van der Waals surface area contributed by atoms with Crippen molar-refractivity contribution in [3.05, 3.63) is 137 Å². The second kappa shape index (κ2) is 14.4. The van der Waals surface area contributed by atoms with Crippen molar-refractivity contribution in [2.45, 2.75) is 12.8 Å². The lowest BCUT2D eigenvalue weighted by Crippen LogP contribution is -2.09. The monoisotopic (exact) mass is 558 g/mol. The maximum absolute atomic E-state index is 11.0. The third kappa shape index (κ3) is 8.53. The number of ether oxygens (including phenoxy) is 2. The largest absolute Gasteiger partial charge is 0.788 e. The van der Waals surface area contributed by atoms with Crippen LogP contribution in [0.2, 0.25) is 0 Å². The summed E-state index contributed by atoms with van der Waals surface area (Å²) in [6, 6.07) is 36.0. The van der Waals surface area contributed by atoms with Gasteiger partial charge in [0.2, 0.25) is 0 Å². The molecular formula is C32H32NO6S-. The summed E-state index contributed by atoms with van der Waals surface area (Å²) in [7, 11) is -4.01. The van der Waals surface area contributed by atoms with Gasteiger partial charge in [-0.2, -0.15) is 8.42 Å². The van der Waals surface area contributed by atoms with Gasteiger partial charge in [0.25, 0.3) is 10.1 Å². The molecule has 2 N–H and O–H groups in total. The van der Waals surface area contributed by atoms with Gasteiger partial charge in [-0.15, -0.1) is 0 Å². The third-order valence-corrected chi connectivity index (χ3v) is 6.97. The van der Waals surface area contributed by atoms with Crippen molar-refractivity contribution >= 4 is 21.3 Å². The Hall–Kier alpha value is -3.95. The standard InChI is InChI=1S/C32H32NO6S/c34-33-21-7-22-38-29-17-13-27(14-18-29)31(25-9-3-1-4-10-25)32(26-11-5-2-6-12-26)28-15-19-30(20-16-28)39-23-8-24-40(35,36)37/h1-6,9-20,33H,7-8,21-24H2,(H,35,36,37)/q-1/b32-31+. The minimum absolute atomic E-state index is 0.178. The number of hydroxylamine groups is 1. The molecule has 0 saturated heterocycles. The van der Waals surface area contributed by atoms with Gasteiger partial charge in [0.1, 0.15) is 11.5 Å². The van der Waals surface area contributed by atoms with Crippen molar-refractivity contribution in [3.63, 3.8) is 0 Å². The molecule has 0 aliphatic carbocycles. The van der Waals surface area contributed by atoms with E-state index in [9.17, 15) is 13.6 Å². The Labute approximate surface area is 235 Å². The van der Waals surface area contributed by atoms with Gasteiger partial charge in [-0.1, -0.05) is 84.9 Å². The van der Waals surface area contributed by atoms with Crippen molar-refractivity contribution in [3.8, 4) is 11.5 Å². The molecule has 0 heterocycles. The average Bonchev–Trinajstić information content (AvgIpc) is 2.98. The Morgan fingerprint density at radius 3 is 1.43 bits per heavy atom. The summed E-state index contributed by atoms with van der Waals surface area (Å²) in [4.78, 5) is 0. The Balaban J connectivity index is 1.72. The van der Waals surface area contributed by atoms with Crippen LogP contribution in [0.3, 0.4) is 0 Å². The SMILES string of the molecule is O=S(=O)(O)CCCOc1ccc(/C(=C(\c2ccccc2)c2ccc(OCCCN[O-])cc2)c2ccccc2)cc1. The average molecular weight is 559 g/mol. The number of nitrogens with one attached hydrogen (secondary N) is 1. The molecular weight excluding hydrogens is 526 g/mol. The van der Waals surface area contributed by atoms with E-state index in [0.29, 0.717) is 25.3 Å². The fraction of sp³-hybridized carbons (Fsp3) is 0.188. The summed E-state index contributed by atoms with van der Waals surface area (Å²) >= 11 is 0. The first-order chi connectivity index (χ1) is 19.4. The predicted octanol–water partition coefficient (Wildman–Crippen LogP) is 6.21. The number of hydrogen-bond donors (Lipinski definition) is 2. The van der Waals surface area contributed by atoms with Gasteiger partial charge in [0.05, 0.1) is 19.0 Å². The maximum atomic E-state index is 11.0. The smallest absolute Gasteiger partial charge is 0.264 e. The van der Waals surface area contributed by atoms with E-state index >= 15 is 0 Å². The second-order valence-electron chi connectivity index (χ2n) is 9.12. The van der Waals surface area contributed by atoms with Gasteiger partial charge in [0.15, 0.2) is 0 Å². The van der Waals surface area contributed by atoms with Crippen LogP contribution in [0.15, 0.2) is 109 Å². The Morgan fingerprint density at radius 2 is 1.02 bits per heavy atom. The lowest BCUT2D eigenvalue weighted by molar-refractivity contribution is 0.310. The lowest BCUT2D eigenvalue weighted by Gasteiger charge is -2.19. The van der Waals surface area contributed by atoms with Gasteiger partial charge in [-0.25, -0.2) is 0 Å². The molecule has 0 aromatic heterocycles. The van der Waals surface area contributed by atoms with Gasteiger partial charge in [0, 0.05) is 0 Å². The fourth-order valence-corrected chi connectivity index (χ4v) is 4.80. The molecule has 4 aromatic carbocycles. The fourth-order valence-electron chi connectivity index (χ4n) is 4.32. The molecule has 8 heteroatoms. The molecule has 0 bridgehead atoms. The van der Waals surface area contributed by atoms with E-state index in [1.54, 1.807) is 0 Å². The highest BCUT2D eigenvalue weighted by molar-refractivity contribution is 7.85. The summed E-state index contributed by atoms with van der Waals surface area (Å²) in [6.07, 6.45) is 0.821. The van der Waals surface area contributed by atoms with E-state index in [1.165, 1.54) is 0 Å². The molecule has 0 fully saturated rings. The van der Waals surface area contributed by atoms with Crippen LogP contribution in [0.1, 0.15) is 35.1 Å². The lowest BCUT2D eigenvalue weighted by atomic mass is 9.86. The summed E-state index contributed by atoms with van der Waals surface area (Å²) in [5, 5.41) is 10.5. The quantitative estimate of drug-likeness (QED) is 0.0820. The Kier molecular flexibility index (Phi) is 10.5. The van der Waals surface area contributed by atoms with Gasteiger partial charge in [-0.3, -0.25) is 4.55 Å². The molecule has 0 unspecified atom stereocenters. The molecule has 4 rings (SSSR count). The van der Waals surface area contributed by atoms with Crippen molar-refractivity contribution in [1.82, 2.24) is 5.48 Å². The number of benzene rings is 4. The molecule has 0 spiro atoms. The molecule has 0 aliphatic heterocycles. The summed E-state index contributed by atoms with van der Waals surface area (Å²) in [6.45, 7) is 0.987. The van der Waals surface area contributed by atoms with Crippen molar-refractivity contribution in [2.75, 3.05) is 25.5 Å². The van der Waals surface area contributed by atoms with Crippen LogP contribution in [0, 0.1) is 5.21 Å². The highest BCUT2D eigenvalue weighted by atomic mass is 32.2. The summed E-state index contributed by atoms with van der Waals surface area (Å²) < 4.78 is 42.3. The molecule has 0 amide bonds. The van der Waals surface area contributed by atoms with E-state index in [-0.39, 0.29) is 18.8 Å². The van der Waals surface area contributed by atoms with Crippen LogP contribution >= 0.6 is 0 Å². The minimum atomic E-state index is -4.01. The zero-order chi connectivity index (χ0) is 28.2. The van der Waals surface area contributed by atoms with Crippen LogP contribution in [-0.4, -0.2) is 38.5 Å².